The SMILES string of the molecule is CCC[C@@H]1CCCCC[C@H](O)CC(=O)N[C@H]2CSSC[C@H](NC2=O)C(=O)O1. The summed E-state index contributed by atoms with van der Waals surface area (Å²) in [5.41, 5.74) is 0. The molecule has 2 amide bonds. The van der Waals surface area contributed by atoms with Crippen LogP contribution in [0.1, 0.15) is 58.3 Å². The lowest BCUT2D eigenvalue weighted by atomic mass is 10.0. The minimum atomic E-state index is -0.725. The van der Waals surface area contributed by atoms with Gasteiger partial charge in [0.05, 0.1) is 12.5 Å². The standard InChI is InChI=1S/C18H30N2O5S2/c1-2-6-13-8-5-3-4-7-12(21)9-16(22)19-14-10-26-27-11-15(18(24)25-13)20-17(14)23/h12-15,21H,2-11H2,1H3,(H,19,22)(H,20,23)/t12-,13+,14-,15-/m0/s1. The quantitative estimate of drug-likeness (QED) is 0.464. The third-order valence-electron chi connectivity index (χ3n) is 4.68. The van der Waals surface area contributed by atoms with E-state index in [0.717, 1.165) is 38.5 Å². The summed E-state index contributed by atoms with van der Waals surface area (Å²) >= 11 is 0. The first-order chi connectivity index (χ1) is 13.0. The Morgan fingerprint density at radius 1 is 1.04 bits per heavy atom. The van der Waals surface area contributed by atoms with Gasteiger partial charge >= 0.3 is 5.97 Å². The van der Waals surface area contributed by atoms with E-state index in [2.05, 4.69) is 17.6 Å². The smallest absolute Gasteiger partial charge is 0.329 e. The van der Waals surface area contributed by atoms with Gasteiger partial charge in [-0.1, -0.05) is 47.8 Å². The molecule has 7 nitrogen and oxygen atoms in total. The summed E-state index contributed by atoms with van der Waals surface area (Å²) in [4.78, 5) is 37.2. The van der Waals surface area contributed by atoms with Crippen LogP contribution in [0.5, 0.6) is 0 Å². The fraction of sp³-hybridized carbons (Fsp3) is 0.833. The lowest BCUT2D eigenvalue weighted by Crippen LogP contribution is -2.55. The van der Waals surface area contributed by atoms with Crippen LogP contribution in [-0.4, -0.2) is 58.7 Å². The van der Waals surface area contributed by atoms with Gasteiger partial charge in [-0.05, 0) is 25.7 Å². The summed E-state index contributed by atoms with van der Waals surface area (Å²) in [6, 6.07) is -1.44. The molecule has 0 saturated carbocycles. The highest BCUT2D eigenvalue weighted by Crippen LogP contribution is 2.26. The highest BCUT2D eigenvalue weighted by Gasteiger charge is 2.31. The van der Waals surface area contributed by atoms with Gasteiger partial charge < -0.3 is 20.5 Å². The minimum absolute atomic E-state index is 0.00841. The van der Waals surface area contributed by atoms with Crippen LogP contribution in [0, 0.1) is 0 Å². The fourth-order valence-corrected chi connectivity index (χ4v) is 5.50. The maximum absolute atomic E-state index is 12.6. The van der Waals surface area contributed by atoms with Crippen LogP contribution in [-0.2, 0) is 19.1 Å². The lowest BCUT2D eigenvalue weighted by molar-refractivity contribution is -0.153. The fourth-order valence-electron chi connectivity index (χ4n) is 3.18. The van der Waals surface area contributed by atoms with Crippen LogP contribution in [0.15, 0.2) is 0 Å². The molecule has 0 spiro atoms. The van der Waals surface area contributed by atoms with E-state index in [1.54, 1.807) is 0 Å². The Morgan fingerprint density at radius 3 is 2.48 bits per heavy atom. The molecule has 154 valence electrons. The minimum Gasteiger partial charge on any atom is -0.461 e. The normalized spacial score (nSPS) is 32.0. The van der Waals surface area contributed by atoms with Crippen molar-refractivity contribution in [3.63, 3.8) is 0 Å². The molecule has 0 aromatic carbocycles. The summed E-state index contributed by atoms with van der Waals surface area (Å²) in [5, 5.41) is 15.5. The van der Waals surface area contributed by atoms with Crippen molar-refractivity contribution < 1.29 is 24.2 Å². The number of cyclic esters (lactones) is 1. The molecule has 9 heteroatoms. The molecule has 0 aromatic rings. The molecule has 2 aliphatic heterocycles. The van der Waals surface area contributed by atoms with Crippen molar-refractivity contribution in [3.8, 4) is 0 Å². The summed E-state index contributed by atoms with van der Waals surface area (Å²) in [6.45, 7) is 2.06. The monoisotopic (exact) mass is 418 g/mol. The predicted octanol–water partition coefficient (Wildman–Crippen LogP) is 1.78. The molecule has 2 fully saturated rings. The Labute approximate surface area is 168 Å². The molecule has 2 bridgehead atoms. The van der Waals surface area contributed by atoms with Gasteiger partial charge in [-0.25, -0.2) is 4.79 Å². The van der Waals surface area contributed by atoms with Gasteiger partial charge in [-0.15, -0.1) is 0 Å². The predicted molar refractivity (Wildman–Crippen MR) is 107 cm³/mol. The number of rotatable bonds is 2. The van der Waals surface area contributed by atoms with Crippen LogP contribution in [0.25, 0.3) is 0 Å². The number of fused-ring (bicyclic) bond motifs is 3. The first-order valence-corrected chi connectivity index (χ1v) is 12.2. The second-order valence-corrected chi connectivity index (χ2v) is 9.65. The number of amides is 2. The van der Waals surface area contributed by atoms with Gasteiger partial charge in [0.15, 0.2) is 0 Å². The molecule has 2 saturated heterocycles. The molecule has 2 aliphatic rings. The van der Waals surface area contributed by atoms with Gasteiger partial charge in [-0.2, -0.15) is 0 Å². The van der Waals surface area contributed by atoms with E-state index in [0.29, 0.717) is 17.9 Å². The van der Waals surface area contributed by atoms with Crippen molar-refractivity contribution >= 4 is 39.4 Å². The molecular weight excluding hydrogens is 388 g/mol. The highest BCUT2D eigenvalue weighted by molar-refractivity contribution is 8.76. The number of carbonyl (C=O) groups is 3. The van der Waals surface area contributed by atoms with Gasteiger partial charge in [0.2, 0.25) is 11.8 Å². The van der Waals surface area contributed by atoms with Crippen LogP contribution in [0.3, 0.4) is 0 Å². The van der Waals surface area contributed by atoms with Gasteiger partial charge in [0, 0.05) is 11.5 Å². The molecule has 0 unspecified atom stereocenters. The summed E-state index contributed by atoms with van der Waals surface area (Å²) in [7, 11) is 2.93. The molecule has 4 atom stereocenters. The Balaban J connectivity index is 2.10. The zero-order valence-corrected chi connectivity index (χ0v) is 17.4. The average Bonchev–Trinajstić information content (AvgIpc) is 2.60. The van der Waals surface area contributed by atoms with Crippen molar-refractivity contribution in [1.29, 1.82) is 0 Å². The Bertz CT molecular complexity index is 520. The van der Waals surface area contributed by atoms with E-state index in [1.165, 1.54) is 21.6 Å². The van der Waals surface area contributed by atoms with E-state index in [9.17, 15) is 19.5 Å². The van der Waals surface area contributed by atoms with Crippen LogP contribution >= 0.6 is 21.6 Å². The Morgan fingerprint density at radius 2 is 1.74 bits per heavy atom. The van der Waals surface area contributed by atoms with Gasteiger partial charge in [0.1, 0.15) is 18.2 Å². The molecule has 0 aliphatic carbocycles. The maximum Gasteiger partial charge on any atom is 0.329 e. The zero-order chi connectivity index (χ0) is 19.6. The van der Waals surface area contributed by atoms with Gasteiger partial charge in [-0.3, -0.25) is 9.59 Å². The van der Waals surface area contributed by atoms with E-state index in [4.69, 9.17) is 4.74 Å². The Hall–Kier alpha value is -0.930. The van der Waals surface area contributed by atoms with E-state index in [-0.39, 0.29) is 24.3 Å². The van der Waals surface area contributed by atoms with Crippen molar-refractivity contribution in [1.82, 2.24) is 10.6 Å². The molecule has 2 heterocycles. The number of ether oxygens (including phenoxy) is 1. The summed E-state index contributed by atoms with van der Waals surface area (Å²) < 4.78 is 5.69. The molecular formula is C18H30N2O5S2. The number of hydrogen-bond donors (Lipinski definition) is 3. The van der Waals surface area contributed by atoms with E-state index in [1.807, 2.05) is 0 Å². The number of aliphatic hydroxyl groups is 1. The van der Waals surface area contributed by atoms with Crippen LogP contribution < -0.4 is 10.6 Å². The number of carbonyl (C=O) groups excluding carboxylic acids is 3. The third kappa shape index (κ3) is 7.91. The third-order valence-corrected chi connectivity index (χ3v) is 7.11. The maximum atomic E-state index is 12.6. The average molecular weight is 419 g/mol. The first-order valence-electron chi connectivity index (χ1n) is 9.72. The van der Waals surface area contributed by atoms with Crippen LogP contribution in [0.2, 0.25) is 0 Å². The number of esters is 1. The second-order valence-electron chi connectivity index (χ2n) is 7.09. The van der Waals surface area contributed by atoms with Crippen molar-refractivity contribution in [2.45, 2.75) is 82.6 Å². The zero-order valence-electron chi connectivity index (χ0n) is 15.8. The largest absolute Gasteiger partial charge is 0.461 e. The van der Waals surface area contributed by atoms with Crippen molar-refractivity contribution in [2.75, 3.05) is 11.5 Å². The summed E-state index contributed by atoms with van der Waals surface area (Å²) in [6.07, 6.45) is 4.85. The van der Waals surface area contributed by atoms with Crippen molar-refractivity contribution in [2.24, 2.45) is 0 Å². The number of aliphatic hydroxyl groups excluding tert-OH is 1. The van der Waals surface area contributed by atoms with Crippen molar-refractivity contribution in [3.05, 3.63) is 0 Å². The Kier molecular flexibility index (Phi) is 9.78. The first kappa shape index (κ1) is 22.4. The lowest BCUT2D eigenvalue weighted by Gasteiger charge is -2.27. The molecule has 27 heavy (non-hydrogen) atoms. The van der Waals surface area contributed by atoms with Gasteiger partial charge in [0.25, 0.3) is 0 Å². The highest BCUT2D eigenvalue weighted by atomic mass is 33.1. The molecule has 0 radical (unpaired) electrons. The molecule has 2 rings (SSSR count). The van der Waals surface area contributed by atoms with E-state index >= 15 is 0 Å². The number of hydrogen-bond acceptors (Lipinski definition) is 7. The molecule has 3 N–H and O–H groups in total. The number of nitrogens with one attached hydrogen (secondary N) is 2. The van der Waals surface area contributed by atoms with Crippen LogP contribution in [0.4, 0.5) is 0 Å². The topological polar surface area (TPSA) is 105 Å². The van der Waals surface area contributed by atoms with E-state index < -0.39 is 24.2 Å². The second kappa shape index (κ2) is 11.8. The molecule has 0 aromatic heterocycles. The summed E-state index contributed by atoms with van der Waals surface area (Å²) in [5.74, 6) is -0.273.